The number of aryl methyl sites for hydroxylation is 1. The van der Waals surface area contributed by atoms with Gasteiger partial charge in [0.15, 0.2) is 5.82 Å². The van der Waals surface area contributed by atoms with Crippen LogP contribution < -0.4 is 0 Å². The average molecular weight is 198 g/mol. The van der Waals surface area contributed by atoms with E-state index in [0.717, 1.165) is 14.8 Å². The van der Waals surface area contributed by atoms with Gasteiger partial charge in [0.25, 0.3) is 0 Å². The molecule has 0 atom stereocenters. The zero-order valence-electron chi connectivity index (χ0n) is 7.03. The summed E-state index contributed by atoms with van der Waals surface area (Å²) in [7, 11) is 0. The first-order chi connectivity index (χ1) is 5.63. The zero-order valence-corrected chi connectivity index (χ0v) is 8.75. The molecule has 1 aromatic rings. The highest BCUT2D eigenvalue weighted by molar-refractivity contribution is 7.84. The van der Waals surface area contributed by atoms with Gasteiger partial charge in [-0.05, 0) is 31.5 Å². The Morgan fingerprint density at radius 2 is 2.42 bits per heavy atom. The summed E-state index contributed by atoms with van der Waals surface area (Å²) in [5.74, 6) is 0.700. The van der Waals surface area contributed by atoms with Crippen LogP contribution in [-0.2, 0) is 0 Å². The lowest BCUT2D eigenvalue weighted by Crippen LogP contribution is -1.67. The van der Waals surface area contributed by atoms with Crippen molar-refractivity contribution in [2.75, 3.05) is 0 Å². The van der Waals surface area contributed by atoms with Crippen molar-refractivity contribution in [1.82, 2.24) is 4.98 Å². The van der Waals surface area contributed by atoms with Crippen molar-refractivity contribution < 1.29 is 0 Å². The topological polar surface area (TPSA) is 25.2 Å². The highest BCUT2D eigenvalue weighted by Crippen LogP contribution is 2.27. The predicted molar refractivity (Wildman–Crippen MR) is 58.7 cm³/mol. The van der Waals surface area contributed by atoms with Crippen LogP contribution >= 0.6 is 24.0 Å². The Morgan fingerprint density at radius 1 is 1.75 bits per heavy atom. The molecule has 0 saturated carbocycles. The fourth-order valence-electron chi connectivity index (χ4n) is 0.829. The second-order valence-corrected chi connectivity index (χ2v) is 4.30. The molecule has 0 spiro atoms. The number of thiazole rings is 1. The minimum atomic E-state index is 0.700. The second kappa shape index (κ2) is 3.87. The maximum absolute atomic E-state index is 4.19. The number of hydrogen-bond donors (Lipinski definition) is 1. The van der Waals surface area contributed by atoms with E-state index >= 15 is 0 Å². The molecule has 1 aromatic heterocycles. The summed E-state index contributed by atoms with van der Waals surface area (Å²) in [6.07, 6.45) is 1.94. The van der Waals surface area contributed by atoms with Crippen LogP contribution in [0.25, 0.3) is 6.08 Å². The first-order valence-electron chi connectivity index (χ1n) is 3.45. The minimum Gasteiger partial charge on any atom is -0.244 e. The van der Waals surface area contributed by atoms with E-state index in [1.54, 1.807) is 11.3 Å². The highest BCUT2D eigenvalue weighted by atomic mass is 32.1. The molecule has 1 heterocycles. The molecule has 0 amide bonds. The van der Waals surface area contributed by atoms with E-state index in [2.05, 4.69) is 29.3 Å². The van der Waals surface area contributed by atoms with Crippen LogP contribution in [0.1, 0.15) is 16.8 Å². The van der Waals surface area contributed by atoms with Crippen molar-refractivity contribution in [3.05, 3.63) is 14.8 Å². The molecule has 0 fully saturated rings. The molecule has 0 aliphatic carbocycles. The number of allylic oxidation sites excluding steroid dienone is 1. The van der Waals surface area contributed by atoms with E-state index in [9.17, 15) is 0 Å². The van der Waals surface area contributed by atoms with Gasteiger partial charge in [0, 0.05) is 0 Å². The van der Waals surface area contributed by atoms with Crippen molar-refractivity contribution >= 4 is 42.6 Å². The average Bonchev–Trinajstić information content (AvgIpc) is 2.29. The Kier molecular flexibility index (Phi) is 3.05. The third-order valence-electron chi connectivity index (χ3n) is 1.23. The quantitative estimate of drug-likeness (QED) is 0.573. The monoisotopic (exact) mass is 198 g/mol. The van der Waals surface area contributed by atoms with Crippen molar-refractivity contribution in [3.8, 4) is 0 Å². The summed E-state index contributed by atoms with van der Waals surface area (Å²) in [5.41, 5.74) is 0. The smallest absolute Gasteiger partial charge is 0.169 e. The summed E-state index contributed by atoms with van der Waals surface area (Å²) < 4.78 is 0. The summed E-state index contributed by atoms with van der Waals surface area (Å²) in [6, 6.07) is 0. The van der Waals surface area contributed by atoms with Gasteiger partial charge in [-0.2, -0.15) is 0 Å². The molecule has 0 aliphatic heterocycles. The molecule has 0 radical (unpaired) electrons. The van der Waals surface area contributed by atoms with E-state index < -0.39 is 0 Å². The first-order valence-corrected chi connectivity index (χ1v) is 4.71. The van der Waals surface area contributed by atoms with Crippen molar-refractivity contribution in [1.29, 1.82) is 0 Å². The van der Waals surface area contributed by atoms with Crippen LogP contribution in [-0.4, -0.2) is 11.7 Å². The van der Waals surface area contributed by atoms with E-state index in [1.807, 2.05) is 19.9 Å². The van der Waals surface area contributed by atoms with Crippen LogP contribution in [0.4, 0.5) is 5.82 Å². The van der Waals surface area contributed by atoms with Gasteiger partial charge in [-0.1, -0.05) is 0 Å². The molecule has 0 bridgehead atoms. The van der Waals surface area contributed by atoms with Gasteiger partial charge in [-0.15, -0.1) is 24.0 Å². The van der Waals surface area contributed by atoms with Gasteiger partial charge in [0.2, 0.25) is 0 Å². The molecule has 64 valence electrons. The Hall–Kier alpha value is -0.610. The molecule has 0 saturated heterocycles. The fraction of sp³-hybridized carbons (Fsp3) is 0.250. The van der Waals surface area contributed by atoms with Crippen LogP contribution in [0.15, 0.2) is 9.90 Å². The Morgan fingerprint density at radius 3 is 2.92 bits per heavy atom. The van der Waals surface area contributed by atoms with Crippen molar-refractivity contribution in [2.45, 2.75) is 13.8 Å². The first kappa shape index (κ1) is 9.48. The SMILES string of the molecule is C=Nc1nc(C)sc1/C=C(\C)S. The summed E-state index contributed by atoms with van der Waals surface area (Å²) in [4.78, 5) is 9.98. The fourth-order valence-corrected chi connectivity index (χ4v) is 1.93. The lowest BCUT2D eigenvalue weighted by Gasteiger charge is -1.88. The molecule has 0 aliphatic rings. The van der Waals surface area contributed by atoms with Crippen LogP contribution in [0.3, 0.4) is 0 Å². The lowest BCUT2D eigenvalue weighted by molar-refractivity contribution is 1.26. The van der Waals surface area contributed by atoms with Gasteiger partial charge in [0.05, 0.1) is 9.88 Å². The molecule has 0 N–H and O–H groups in total. The van der Waals surface area contributed by atoms with E-state index in [0.29, 0.717) is 5.82 Å². The molecule has 4 heteroatoms. The number of aromatic nitrogens is 1. The van der Waals surface area contributed by atoms with Crippen LogP contribution in [0.5, 0.6) is 0 Å². The minimum absolute atomic E-state index is 0.700. The maximum Gasteiger partial charge on any atom is 0.169 e. The number of rotatable bonds is 2. The zero-order chi connectivity index (χ0) is 9.14. The van der Waals surface area contributed by atoms with Crippen LogP contribution in [0, 0.1) is 6.92 Å². The summed E-state index contributed by atoms with van der Waals surface area (Å²) >= 11 is 5.78. The third-order valence-corrected chi connectivity index (χ3v) is 2.27. The molecule has 12 heavy (non-hydrogen) atoms. The van der Waals surface area contributed by atoms with E-state index in [4.69, 9.17) is 0 Å². The molecule has 0 unspecified atom stereocenters. The molecule has 2 nitrogen and oxygen atoms in total. The number of aliphatic imine (C=N–C) groups is 1. The largest absolute Gasteiger partial charge is 0.244 e. The normalized spacial score (nSPS) is 11.8. The summed E-state index contributed by atoms with van der Waals surface area (Å²) in [6.45, 7) is 7.32. The number of nitrogens with zero attached hydrogens (tertiary/aromatic N) is 2. The number of hydrogen-bond acceptors (Lipinski definition) is 4. The third kappa shape index (κ3) is 2.19. The Bertz CT molecular complexity index is 322. The lowest BCUT2D eigenvalue weighted by atomic mass is 10.4. The van der Waals surface area contributed by atoms with Gasteiger partial charge in [-0.3, -0.25) is 0 Å². The molecule has 1 rings (SSSR count). The van der Waals surface area contributed by atoms with Gasteiger partial charge < -0.3 is 0 Å². The Balaban J connectivity index is 3.13. The highest BCUT2D eigenvalue weighted by Gasteiger charge is 2.03. The molecular weight excluding hydrogens is 188 g/mol. The maximum atomic E-state index is 4.19. The predicted octanol–water partition coefficient (Wildman–Crippen LogP) is 3.07. The molecule has 0 aromatic carbocycles. The van der Waals surface area contributed by atoms with Gasteiger partial charge in [0.1, 0.15) is 0 Å². The van der Waals surface area contributed by atoms with Gasteiger partial charge >= 0.3 is 0 Å². The van der Waals surface area contributed by atoms with Crippen molar-refractivity contribution in [3.63, 3.8) is 0 Å². The standard InChI is InChI=1S/C8H10N2S2/c1-5(11)4-7-8(9-3)10-6(2)12-7/h4,11H,3H2,1-2H3/b5-4+. The van der Waals surface area contributed by atoms with Gasteiger partial charge in [-0.25, -0.2) is 9.98 Å². The molecular formula is C8H10N2S2. The summed E-state index contributed by atoms with van der Waals surface area (Å²) in [5, 5.41) is 0.998. The second-order valence-electron chi connectivity index (χ2n) is 2.36. The van der Waals surface area contributed by atoms with E-state index in [1.165, 1.54) is 0 Å². The van der Waals surface area contributed by atoms with Crippen molar-refractivity contribution in [2.24, 2.45) is 4.99 Å². The van der Waals surface area contributed by atoms with Crippen LogP contribution in [0.2, 0.25) is 0 Å². The Labute approximate surface area is 81.5 Å². The van der Waals surface area contributed by atoms with E-state index in [-0.39, 0.29) is 0 Å². The number of thiol groups is 1.